The molecule has 0 radical (unpaired) electrons. The van der Waals surface area contributed by atoms with Crippen LogP contribution in [0.25, 0.3) is 0 Å². The third-order valence-corrected chi connectivity index (χ3v) is 5.50. The summed E-state index contributed by atoms with van der Waals surface area (Å²) in [5.74, 6) is 0.0275. The van der Waals surface area contributed by atoms with E-state index in [-0.39, 0.29) is 11.8 Å². The first-order valence-corrected chi connectivity index (χ1v) is 8.80. The van der Waals surface area contributed by atoms with Crippen LogP contribution in [0.2, 0.25) is 0 Å². The Hall–Kier alpha value is -1.63. The summed E-state index contributed by atoms with van der Waals surface area (Å²) in [6, 6.07) is -0.494. The molecule has 2 aliphatic heterocycles. The highest BCUT2D eigenvalue weighted by molar-refractivity contribution is 6.08. The summed E-state index contributed by atoms with van der Waals surface area (Å²) in [5, 5.41) is 3.72. The monoisotopic (exact) mass is 323 g/mol. The minimum atomic E-state index is -0.797. The summed E-state index contributed by atoms with van der Waals surface area (Å²) in [5.41, 5.74) is 1.72. The fourth-order valence-corrected chi connectivity index (χ4v) is 3.94. The molecule has 3 N–H and O–H groups in total. The van der Waals surface area contributed by atoms with Gasteiger partial charge in [0.15, 0.2) is 6.54 Å². The first kappa shape index (κ1) is 16.2. The van der Waals surface area contributed by atoms with Gasteiger partial charge in [0.25, 0.3) is 11.8 Å². The van der Waals surface area contributed by atoms with Crippen molar-refractivity contribution in [1.82, 2.24) is 15.8 Å². The molecule has 1 saturated carbocycles. The predicted molar refractivity (Wildman–Crippen MR) is 83.3 cm³/mol. The van der Waals surface area contributed by atoms with Gasteiger partial charge in [0.2, 0.25) is 0 Å². The summed E-state index contributed by atoms with van der Waals surface area (Å²) < 4.78 is 0. The second-order valence-electron chi connectivity index (χ2n) is 7.36. The van der Waals surface area contributed by atoms with Gasteiger partial charge in [-0.1, -0.05) is 6.92 Å². The molecule has 0 atom stereocenters. The van der Waals surface area contributed by atoms with Crippen molar-refractivity contribution in [2.45, 2.75) is 57.4 Å². The highest BCUT2D eigenvalue weighted by Gasteiger charge is 2.53. The Morgan fingerprint density at radius 3 is 2.57 bits per heavy atom. The SMILES string of the molecule is CC1CCC2(CC1)NC(=O)N(NC(=O)C[NH+]1CCCCC1)C2=O. The van der Waals surface area contributed by atoms with Crippen molar-refractivity contribution in [1.29, 1.82) is 0 Å². The van der Waals surface area contributed by atoms with Crippen LogP contribution in [0.4, 0.5) is 4.79 Å². The van der Waals surface area contributed by atoms with E-state index in [9.17, 15) is 14.4 Å². The van der Waals surface area contributed by atoms with E-state index < -0.39 is 11.6 Å². The molecule has 0 unspecified atom stereocenters. The van der Waals surface area contributed by atoms with Crippen molar-refractivity contribution >= 4 is 17.8 Å². The normalized spacial score (nSPS) is 32.2. The van der Waals surface area contributed by atoms with Crippen LogP contribution in [0.3, 0.4) is 0 Å². The number of nitrogens with zero attached hydrogens (tertiary/aromatic N) is 1. The van der Waals surface area contributed by atoms with Crippen LogP contribution >= 0.6 is 0 Å². The summed E-state index contributed by atoms with van der Waals surface area (Å²) in [6.07, 6.45) is 6.64. The van der Waals surface area contributed by atoms with Crippen molar-refractivity contribution in [3.63, 3.8) is 0 Å². The van der Waals surface area contributed by atoms with Crippen LogP contribution in [0.15, 0.2) is 0 Å². The molecule has 0 aromatic carbocycles. The van der Waals surface area contributed by atoms with Crippen LogP contribution in [0.5, 0.6) is 0 Å². The average Bonchev–Trinajstić information content (AvgIpc) is 2.76. The van der Waals surface area contributed by atoms with Gasteiger partial charge in [-0.3, -0.25) is 15.0 Å². The number of nitrogens with one attached hydrogen (secondary N) is 3. The van der Waals surface area contributed by atoms with Gasteiger partial charge >= 0.3 is 6.03 Å². The number of quaternary nitrogens is 1. The smallest absolute Gasteiger partial charge is 0.327 e. The van der Waals surface area contributed by atoms with E-state index >= 15 is 0 Å². The van der Waals surface area contributed by atoms with Gasteiger partial charge in [-0.25, -0.2) is 4.79 Å². The molecule has 0 bridgehead atoms. The predicted octanol–water partition coefficient (Wildman–Crippen LogP) is -0.413. The Kier molecular flexibility index (Phi) is 4.57. The lowest BCUT2D eigenvalue weighted by atomic mass is 9.77. The van der Waals surface area contributed by atoms with Gasteiger partial charge in [-0.2, -0.15) is 5.01 Å². The van der Waals surface area contributed by atoms with Crippen LogP contribution < -0.4 is 15.6 Å². The summed E-state index contributed by atoms with van der Waals surface area (Å²) in [7, 11) is 0. The first-order valence-electron chi connectivity index (χ1n) is 8.80. The summed E-state index contributed by atoms with van der Waals surface area (Å²) in [6.45, 7) is 4.45. The van der Waals surface area contributed by atoms with Gasteiger partial charge in [-0.15, -0.1) is 0 Å². The zero-order valence-corrected chi connectivity index (χ0v) is 13.8. The van der Waals surface area contributed by atoms with Crippen molar-refractivity contribution in [3.8, 4) is 0 Å². The van der Waals surface area contributed by atoms with Gasteiger partial charge in [0.05, 0.1) is 13.1 Å². The van der Waals surface area contributed by atoms with Crippen LogP contribution in [-0.4, -0.2) is 48.0 Å². The van der Waals surface area contributed by atoms with Crippen LogP contribution in [0, 0.1) is 5.92 Å². The number of imide groups is 1. The molecule has 23 heavy (non-hydrogen) atoms. The molecular weight excluding hydrogens is 296 g/mol. The second kappa shape index (κ2) is 6.47. The van der Waals surface area contributed by atoms with E-state index in [4.69, 9.17) is 0 Å². The van der Waals surface area contributed by atoms with E-state index in [2.05, 4.69) is 17.7 Å². The Morgan fingerprint density at radius 1 is 1.26 bits per heavy atom. The molecule has 7 nitrogen and oxygen atoms in total. The fourth-order valence-electron chi connectivity index (χ4n) is 3.94. The zero-order chi connectivity index (χ0) is 16.4. The topological polar surface area (TPSA) is 83.0 Å². The third-order valence-electron chi connectivity index (χ3n) is 5.50. The largest absolute Gasteiger partial charge is 0.344 e. The standard InChI is InChI=1S/C16H26N4O3/c1-12-5-7-16(8-6-12)14(22)20(15(23)17-16)18-13(21)11-19-9-3-2-4-10-19/h12H,2-11H2,1H3,(H,17,23)(H,18,21)/p+1. The Morgan fingerprint density at radius 2 is 1.91 bits per heavy atom. The highest BCUT2D eigenvalue weighted by atomic mass is 16.2. The number of amides is 4. The van der Waals surface area contributed by atoms with Crippen molar-refractivity contribution in [2.75, 3.05) is 19.6 Å². The Labute approximate surface area is 136 Å². The Bertz CT molecular complexity index is 494. The van der Waals surface area contributed by atoms with Crippen LogP contribution in [-0.2, 0) is 9.59 Å². The number of piperidine rings is 1. The zero-order valence-electron chi connectivity index (χ0n) is 13.8. The number of carbonyl (C=O) groups excluding carboxylic acids is 3. The third kappa shape index (κ3) is 3.34. The van der Waals surface area contributed by atoms with Crippen molar-refractivity contribution in [2.24, 2.45) is 5.92 Å². The van der Waals surface area contributed by atoms with Crippen molar-refractivity contribution in [3.05, 3.63) is 0 Å². The number of hydrazine groups is 1. The van der Waals surface area contributed by atoms with E-state index in [0.29, 0.717) is 25.3 Å². The van der Waals surface area contributed by atoms with Crippen LogP contribution in [0.1, 0.15) is 51.9 Å². The molecule has 1 aliphatic carbocycles. The molecule has 128 valence electrons. The number of carbonyl (C=O) groups is 3. The number of likely N-dealkylation sites (tertiary alicyclic amines) is 1. The lowest BCUT2D eigenvalue weighted by Crippen LogP contribution is -3.14. The molecule has 3 fully saturated rings. The number of urea groups is 1. The Balaban J connectivity index is 1.58. The lowest BCUT2D eigenvalue weighted by molar-refractivity contribution is -0.896. The maximum Gasteiger partial charge on any atom is 0.344 e. The van der Waals surface area contributed by atoms with E-state index in [1.807, 2.05) is 0 Å². The summed E-state index contributed by atoms with van der Waals surface area (Å²) >= 11 is 0. The molecular formula is C16H27N4O3+. The van der Waals surface area contributed by atoms with Gasteiger partial charge < -0.3 is 10.2 Å². The minimum absolute atomic E-state index is 0.258. The maximum absolute atomic E-state index is 12.6. The van der Waals surface area contributed by atoms with Gasteiger partial charge in [0, 0.05) is 0 Å². The molecule has 2 saturated heterocycles. The lowest BCUT2D eigenvalue weighted by Gasteiger charge is -2.33. The highest BCUT2D eigenvalue weighted by Crippen LogP contribution is 2.35. The first-order chi connectivity index (χ1) is 11.0. The molecule has 4 amide bonds. The van der Waals surface area contributed by atoms with E-state index in [1.165, 1.54) is 11.3 Å². The number of rotatable bonds is 3. The van der Waals surface area contributed by atoms with Crippen molar-refractivity contribution < 1.29 is 19.3 Å². The van der Waals surface area contributed by atoms with Gasteiger partial charge in [0.1, 0.15) is 5.54 Å². The fraction of sp³-hybridized carbons (Fsp3) is 0.812. The molecule has 0 aromatic heterocycles. The minimum Gasteiger partial charge on any atom is -0.327 e. The number of hydrogen-bond donors (Lipinski definition) is 3. The molecule has 7 heteroatoms. The molecule has 2 heterocycles. The second-order valence-corrected chi connectivity index (χ2v) is 7.36. The van der Waals surface area contributed by atoms with E-state index in [1.54, 1.807) is 0 Å². The van der Waals surface area contributed by atoms with Gasteiger partial charge in [-0.05, 0) is 50.9 Å². The molecule has 3 rings (SSSR count). The quantitative estimate of drug-likeness (QED) is 0.617. The molecule has 3 aliphatic rings. The molecule has 0 aromatic rings. The summed E-state index contributed by atoms with van der Waals surface area (Å²) in [4.78, 5) is 38.2. The van der Waals surface area contributed by atoms with E-state index in [0.717, 1.165) is 43.8 Å². The molecule has 1 spiro atoms. The average molecular weight is 323 g/mol. The number of hydrogen-bond acceptors (Lipinski definition) is 3. The maximum atomic E-state index is 12.6.